The van der Waals surface area contributed by atoms with Crippen molar-refractivity contribution >= 4 is 20.1 Å². The van der Waals surface area contributed by atoms with Gasteiger partial charge >= 0.3 is 0 Å². The van der Waals surface area contributed by atoms with Crippen molar-refractivity contribution in [3.05, 3.63) is 0 Å². The van der Waals surface area contributed by atoms with E-state index in [9.17, 15) is 16.8 Å². The number of hydrogen-bond donors (Lipinski definition) is 1. The normalized spacial score (nSPS) is 21.1. The topological polar surface area (TPSA) is 91.8 Å². The third kappa shape index (κ3) is 4.77. The lowest BCUT2D eigenvalue weighted by molar-refractivity contribution is 0.269. The van der Waals surface area contributed by atoms with Gasteiger partial charge < -0.3 is 0 Å². The van der Waals surface area contributed by atoms with E-state index in [1.54, 1.807) is 0 Å². The van der Waals surface area contributed by atoms with Gasteiger partial charge in [-0.05, 0) is 25.2 Å². The molecule has 0 unspecified atom stereocenters. The smallest absolute Gasteiger partial charge is 0.264 e. The third-order valence-corrected chi connectivity index (χ3v) is 4.88. The maximum Gasteiger partial charge on any atom is 0.264 e. The molecule has 1 saturated heterocycles. The van der Waals surface area contributed by atoms with Crippen molar-refractivity contribution in [2.45, 2.75) is 19.3 Å². The maximum absolute atomic E-state index is 11.2. The largest absolute Gasteiger partial charge is 0.286 e. The van der Waals surface area contributed by atoms with Crippen molar-refractivity contribution in [3.8, 4) is 0 Å². The predicted octanol–water partition coefficient (Wildman–Crippen LogP) is -0.0641. The summed E-state index contributed by atoms with van der Waals surface area (Å²) >= 11 is 0. The van der Waals surface area contributed by atoms with Crippen molar-refractivity contribution in [2.75, 3.05) is 25.1 Å². The standard InChI is InChI=1S/C8H17NO5S2/c1-15(10,11)9-5-2-8(3-6-9)4-7-16(12,13)14/h8H,2-7H2,1H3,(H,12,13,14). The molecule has 1 aliphatic rings. The highest BCUT2D eigenvalue weighted by Gasteiger charge is 2.25. The van der Waals surface area contributed by atoms with Crippen LogP contribution in [0.2, 0.25) is 0 Å². The first kappa shape index (κ1) is 13.9. The van der Waals surface area contributed by atoms with Crippen LogP contribution in [-0.4, -0.2) is 50.8 Å². The Bertz CT molecular complexity index is 419. The summed E-state index contributed by atoms with van der Waals surface area (Å²) in [6.07, 6.45) is 2.88. The molecule has 16 heavy (non-hydrogen) atoms. The summed E-state index contributed by atoms with van der Waals surface area (Å²) in [7, 11) is -7.02. The molecule has 0 amide bonds. The minimum Gasteiger partial charge on any atom is -0.286 e. The molecule has 0 atom stereocenters. The van der Waals surface area contributed by atoms with E-state index < -0.39 is 20.1 Å². The van der Waals surface area contributed by atoms with Crippen LogP contribution in [0.1, 0.15) is 19.3 Å². The van der Waals surface area contributed by atoms with Crippen LogP contribution in [0.3, 0.4) is 0 Å². The molecule has 0 aromatic rings. The van der Waals surface area contributed by atoms with Crippen LogP contribution in [-0.2, 0) is 20.1 Å². The molecule has 0 aromatic heterocycles. The van der Waals surface area contributed by atoms with E-state index in [2.05, 4.69) is 0 Å². The Labute approximate surface area is 96.4 Å². The average molecular weight is 271 g/mol. The molecule has 8 heteroatoms. The van der Waals surface area contributed by atoms with Gasteiger partial charge in [0, 0.05) is 13.1 Å². The van der Waals surface area contributed by atoms with E-state index in [0.29, 0.717) is 32.4 Å². The number of nitrogens with zero attached hydrogens (tertiary/aromatic N) is 1. The molecule has 96 valence electrons. The summed E-state index contributed by atoms with van der Waals surface area (Å²) < 4.78 is 53.5. The molecule has 0 spiro atoms. The second-order valence-corrected chi connectivity index (χ2v) is 7.73. The second kappa shape index (κ2) is 4.99. The molecule has 1 fully saturated rings. The SMILES string of the molecule is CS(=O)(=O)N1CCC(CCS(=O)(=O)O)CC1. The lowest BCUT2D eigenvalue weighted by Crippen LogP contribution is -2.38. The molecule has 1 heterocycles. The van der Waals surface area contributed by atoms with Gasteiger partial charge in [-0.25, -0.2) is 12.7 Å². The molecule has 0 aromatic carbocycles. The molecule has 1 aliphatic heterocycles. The summed E-state index contributed by atoms with van der Waals surface area (Å²) in [5.74, 6) is -0.0591. The van der Waals surface area contributed by atoms with Crippen molar-refractivity contribution in [2.24, 2.45) is 5.92 Å². The maximum atomic E-state index is 11.2. The van der Waals surface area contributed by atoms with Gasteiger partial charge in [-0.3, -0.25) is 4.55 Å². The summed E-state index contributed by atoms with van der Waals surface area (Å²) in [4.78, 5) is 0. The minimum atomic E-state index is -3.90. The van der Waals surface area contributed by atoms with E-state index in [-0.39, 0.29) is 11.7 Å². The van der Waals surface area contributed by atoms with Crippen LogP contribution in [0, 0.1) is 5.92 Å². The Hall–Kier alpha value is -0.180. The first-order chi connectivity index (χ1) is 7.18. The highest BCUT2D eigenvalue weighted by Crippen LogP contribution is 2.22. The van der Waals surface area contributed by atoms with Gasteiger partial charge in [0.25, 0.3) is 10.1 Å². The van der Waals surface area contributed by atoms with E-state index in [4.69, 9.17) is 4.55 Å². The fourth-order valence-electron chi connectivity index (χ4n) is 1.85. The first-order valence-corrected chi connectivity index (χ1v) is 8.54. The van der Waals surface area contributed by atoms with E-state index in [1.165, 1.54) is 10.6 Å². The molecule has 0 radical (unpaired) electrons. The Kier molecular flexibility index (Phi) is 4.33. The molecule has 0 saturated carbocycles. The van der Waals surface area contributed by atoms with Gasteiger partial charge in [0.05, 0.1) is 12.0 Å². The molecule has 1 rings (SSSR count). The van der Waals surface area contributed by atoms with Crippen LogP contribution in [0.25, 0.3) is 0 Å². The number of hydrogen-bond acceptors (Lipinski definition) is 4. The Morgan fingerprint density at radius 3 is 2.06 bits per heavy atom. The van der Waals surface area contributed by atoms with Gasteiger partial charge in [0.1, 0.15) is 0 Å². The van der Waals surface area contributed by atoms with E-state index in [1.807, 2.05) is 0 Å². The average Bonchev–Trinajstić information content (AvgIpc) is 2.13. The molecule has 0 bridgehead atoms. The Morgan fingerprint density at radius 2 is 1.69 bits per heavy atom. The fourth-order valence-corrected chi connectivity index (χ4v) is 3.35. The third-order valence-electron chi connectivity index (χ3n) is 2.83. The van der Waals surface area contributed by atoms with Gasteiger partial charge in [-0.15, -0.1) is 0 Å². The summed E-state index contributed by atoms with van der Waals surface area (Å²) in [6.45, 7) is 0.879. The summed E-state index contributed by atoms with van der Waals surface area (Å²) in [6, 6.07) is 0. The highest BCUT2D eigenvalue weighted by molar-refractivity contribution is 7.88. The van der Waals surface area contributed by atoms with Crippen molar-refractivity contribution in [1.82, 2.24) is 4.31 Å². The van der Waals surface area contributed by atoms with Crippen LogP contribution in [0.15, 0.2) is 0 Å². The highest BCUT2D eigenvalue weighted by atomic mass is 32.2. The first-order valence-electron chi connectivity index (χ1n) is 5.09. The van der Waals surface area contributed by atoms with Crippen LogP contribution in [0.4, 0.5) is 0 Å². The zero-order chi connectivity index (χ0) is 12.4. The Morgan fingerprint density at radius 1 is 1.19 bits per heavy atom. The molecule has 6 nitrogen and oxygen atoms in total. The summed E-state index contributed by atoms with van der Waals surface area (Å²) in [5.41, 5.74) is 0. The number of rotatable bonds is 4. The van der Waals surface area contributed by atoms with Crippen LogP contribution >= 0.6 is 0 Å². The van der Waals surface area contributed by atoms with Gasteiger partial charge in [-0.2, -0.15) is 8.42 Å². The van der Waals surface area contributed by atoms with Gasteiger partial charge in [0.15, 0.2) is 0 Å². The van der Waals surface area contributed by atoms with Crippen molar-refractivity contribution in [3.63, 3.8) is 0 Å². The molecular formula is C8H17NO5S2. The monoisotopic (exact) mass is 271 g/mol. The van der Waals surface area contributed by atoms with Gasteiger partial charge in [0.2, 0.25) is 10.0 Å². The fraction of sp³-hybridized carbons (Fsp3) is 1.00. The number of sulfonamides is 1. The molecule has 1 N–H and O–H groups in total. The lowest BCUT2D eigenvalue weighted by Gasteiger charge is -2.29. The lowest BCUT2D eigenvalue weighted by atomic mass is 9.96. The van der Waals surface area contributed by atoms with Crippen LogP contribution < -0.4 is 0 Å². The minimum absolute atomic E-state index is 0.180. The zero-order valence-corrected chi connectivity index (χ0v) is 10.8. The quantitative estimate of drug-likeness (QED) is 0.723. The molecule has 0 aliphatic carbocycles. The second-order valence-electron chi connectivity index (χ2n) is 4.18. The van der Waals surface area contributed by atoms with Crippen LogP contribution in [0.5, 0.6) is 0 Å². The zero-order valence-electron chi connectivity index (χ0n) is 9.16. The molecular weight excluding hydrogens is 254 g/mol. The van der Waals surface area contributed by atoms with E-state index >= 15 is 0 Å². The Balaban J connectivity index is 2.39. The van der Waals surface area contributed by atoms with E-state index in [0.717, 1.165) is 0 Å². The van der Waals surface area contributed by atoms with Gasteiger partial charge in [-0.1, -0.05) is 0 Å². The number of piperidine rings is 1. The summed E-state index contributed by atoms with van der Waals surface area (Å²) in [5, 5.41) is 0. The van der Waals surface area contributed by atoms with Crippen molar-refractivity contribution < 1.29 is 21.4 Å². The predicted molar refractivity (Wildman–Crippen MR) is 60.2 cm³/mol. The van der Waals surface area contributed by atoms with Crippen molar-refractivity contribution in [1.29, 1.82) is 0 Å².